The van der Waals surface area contributed by atoms with Gasteiger partial charge in [-0.2, -0.15) is 0 Å². The third kappa shape index (κ3) is 2.08. The summed E-state index contributed by atoms with van der Waals surface area (Å²) in [6.45, 7) is 4.04. The fourth-order valence-corrected chi connectivity index (χ4v) is 3.44. The summed E-state index contributed by atoms with van der Waals surface area (Å²) in [7, 11) is 0. The molecule has 4 heteroatoms. The van der Waals surface area contributed by atoms with Crippen molar-refractivity contribution in [3.63, 3.8) is 0 Å². The van der Waals surface area contributed by atoms with Crippen molar-refractivity contribution in [2.45, 2.75) is 12.8 Å². The van der Waals surface area contributed by atoms with Gasteiger partial charge in [0.2, 0.25) is 0 Å². The minimum Gasteiger partial charge on any atom is -0.337 e. The number of piperidine rings is 1. The smallest absolute Gasteiger partial charge is 0.255 e. The van der Waals surface area contributed by atoms with Gasteiger partial charge in [0.25, 0.3) is 5.91 Å². The van der Waals surface area contributed by atoms with Gasteiger partial charge in [-0.15, -0.1) is 0 Å². The Morgan fingerprint density at radius 3 is 2.56 bits per heavy atom. The van der Waals surface area contributed by atoms with E-state index >= 15 is 0 Å². The Kier molecular flexibility index (Phi) is 3.16. The Balaban J connectivity index is 1.68. The highest BCUT2D eigenvalue weighted by Gasteiger charge is 2.45. The average Bonchev–Trinajstić information content (AvgIpc) is 2.37. The first kappa shape index (κ1) is 12.2. The van der Waals surface area contributed by atoms with Crippen LogP contribution in [0.15, 0.2) is 28.7 Å². The number of halogens is 1. The minimum absolute atomic E-state index is 0.159. The fraction of sp³-hybridized carbons (Fsp3) is 0.500. The molecule has 2 saturated heterocycles. The van der Waals surface area contributed by atoms with E-state index in [1.165, 1.54) is 12.8 Å². The Hall–Kier alpha value is -0.870. The first-order valence-corrected chi connectivity index (χ1v) is 7.24. The lowest BCUT2D eigenvalue weighted by atomic mass is 9.72. The van der Waals surface area contributed by atoms with Crippen LogP contribution < -0.4 is 5.32 Å². The van der Waals surface area contributed by atoms with Gasteiger partial charge >= 0.3 is 0 Å². The van der Waals surface area contributed by atoms with Crippen LogP contribution in [0.1, 0.15) is 23.2 Å². The van der Waals surface area contributed by atoms with Crippen LogP contribution in [0.2, 0.25) is 0 Å². The number of nitrogens with one attached hydrogen (secondary N) is 1. The van der Waals surface area contributed by atoms with E-state index in [-0.39, 0.29) is 5.91 Å². The molecule has 18 heavy (non-hydrogen) atoms. The van der Waals surface area contributed by atoms with E-state index in [0.717, 1.165) is 36.2 Å². The Labute approximate surface area is 116 Å². The average molecular weight is 309 g/mol. The van der Waals surface area contributed by atoms with Crippen LogP contribution in [0, 0.1) is 5.41 Å². The van der Waals surface area contributed by atoms with E-state index in [2.05, 4.69) is 21.2 Å². The van der Waals surface area contributed by atoms with E-state index in [9.17, 15) is 4.79 Å². The molecule has 3 rings (SSSR count). The second-order valence-corrected chi connectivity index (χ2v) is 6.25. The van der Waals surface area contributed by atoms with Gasteiger partial charge in [-0.05, 0) is 54.0 Å². The van der Waals surface area contributed by atoms with E-state index < -0.39 is 0 Å². The molecule has 2 heterocycles. The molecule has 0 aliphatic carbocycles. The number of amides is 1. The number of rotatable bonds is 1. The standard InChI is InChI=1S/C14H17BrN2O/c15-12-4-2-1-3-11(12)13(18)17-9-14(10-17)5-7-16-8-6-14/h1-4,16H,5-10H2. The molecule has 1 aromatic carbocycles. The van der Waals surface area contributed by atoms with Gasteiger partial charge < -0.3 is 10.2 Å². The van der Waals surface area contributed by atoms with Crippen molar-refractivity contribution in [3.05, 3.63) is 34.3 Å². The van der Waals surface area contributed by atoms with Crippen molar-refractivity contribution >= 4 is 21.8 Å². The highest BCUT2D eigenvalue weighted by Crippen LogP contribution is 2.39. The summed E-state index contributed by atoms with van der Waals surface area (Å²) >= 11 is 3.45. The molecule has 1 aromatic rings. The maximum atomic E-state index is 12.4. The van der Waals surface area contributed by atoms with Crippen LogP contribution in [0.25, 0.3) is 0 Å². The molecule has 0 aromatic heterocycles. The van der Waals surface area contributed by atoms with Gasteiger partial charge in [-0.3, -0.25) is 4.79 Å². The largest absolute Gasteiger partial charge is 0.337 e. The minimum atomic E-state index is 0.159. The number of nitrogens with zero attached hydrogens (tertiary/aromatic N) is 1. The third-order valence-electron chi connectivity index (χ3n) is 4.11. The first-order valence-electron chi connectivity index (χ1n) is 6.45. The van der Waals surface area contributed by atoms with Gasteiger partial charge in [0.1, 0.15) is 0 Å². The molecule has 1 N–H and O–H groups in total. The zero-order valence-electron chi connectivity index (χ0n) is 10.3. The summed E-state index contributed by atoms with van der Waals surface area (Å²) in [5.74, 6) is 0.159. The predicted molar refractivity (Wildman–Crippen MR) is 74.6 cm³/mol. The number of likely N-dealkylation sites (tertiary alicyclic amines) is 1. The number of benzene rings is 1. The maximum absolute atomic E-state index is 12.4. The SMILES string of the molecule is O=C(c1ccccc1Br)N1CC2(CCNCC2)C1. The van der Waals surface area contributed by atoms with Gasteiger partial charge in [-0.1, -0.05) is 12.1 Å². The lowest BCUT2D eigenvalue weighted by Crippen LogP contribution is -2.61. The van der Waals surface area contributed by atoms with Crippen molar-refractivity contribution in [2.75, 3.05) is 26.2 Å². The van der Waals surface area contributed by atoms with E-state index in [0.29, 0.717) is 5.41 Å². The molecule has 0 atom stereocenters. The van der Waals surface area contributed by atoms with Crippen molar-refractivity contribution in [1.82, 2.24) is 10.2 Å². The Morgan fingerprint density at radius 2 is 1.89 bits per heavy atom. The van der Waals surface area contributed by atoms with Crippen molar-refractivity contribution in [3.8, 4) is 0 Å². The van der Waals surface area contributed by atoms with E-state index in [1.807, 2.05) is 29.2 Å². The molecule has 2 aliphatic heterocycles. The van der Waals surface area contributed by atoms with Gasteiger partial charge in [0.15, 0.2) is 0 Å². The van der Waals surface area contributed by atoms with Gasteiger partial charge in [0.05, 0.1) is 5.56 Å². The highest BCUT2D eigenvalue weighted by atomic mass is 79.9. The summed E-state index contributed by atoms with van der Waals surface area (Å²) in [6, 6.07) is 7.66. The molecule has 1 spiro atoms. The molecule has 96 valence electrons. The Bertz CT molecular complexity index is 461. The molecule has 0 bridgehead atoms. The number of hydrogen-bond donors (Lipinski definition) is 1. The van der Waals surface area contributed by atoms with Crippen molar-refractivity contribution < 1.29 is 4.79 Å². The van der Waals surface area contributed by atoms with E-state index in [4.69, 9.17) is 0 Å². The van der Waals surface area contributed by atoms with Crippen LogP contribution in [-0.4, -0.2) is 37.0 Å². The molecule has 0 saturated carbocycles. The zero-order chi connectivity index (χ0) is 12.6. The molecule has 0 unspecified atom stereocenters. The van der Waals surface area contributed by atoms with Gasteiger partial charge in [0, 0.05) is 23.0 Å². The lowest BCUT2D eigenvalue weighted by Gasteiger charge is -2.52. The Morgan fingerprint density at radius 1 is 1.22 bits per heavy atom. The molecule has 1 amide bonds. The predicted octanol–water partition coefficient (Wildman–Crippen LogP) is 2.27. The molecular weight excluding hydrogens is 292 g/mol. The fourth-order valence-electron chi connectivity index (χ4n) is 2.99. The first-order chi connectivity index (χ1) is 8.70. The van der Waals surface area contributed by atoms with Crippen LogP contribution >= 0.6 is 15.9 Å². The van der Waals surface area contributed by atoms with Gasteiger partial charge in [-0.25, -0.2) is 0 Å². The summed E-state index contributed by atoms with van der Waals surface area (Å²) in [6.07, 6.45) is 2.40. The molecule has 3 nitrogen and oxygen atoms in total. The second kappa shape index (κ2) is 4.67. The summed E-state index contributed by atoms with van der Waals surface area (Å²) in [4.78, 5) is 14.3. The summed E-state index contributed by atoms with van der Waals surface area (Å²) < 4.78 is 0.890. The quantitative estimate of drug-likeness (QED) is 0.863. The summed E-state index contributed by atoms with van der Waals surface area (Å²) in [5.41, 5.74) is 1.18. The van der Waals surface area contributed by atoms with E-state index in [1.54, 1.807) is 0 Å². The monoisotopic (exact) mass is 308 g/mol. The number of carbonyl (C=O) groups is 1. The number of carbonyl (C=O) groups excluding carboxylic acids is 1. The highest BCUT2D eigenvalue weighted by molar-refractivity contribution is 9.10. The third-order valence-corrected chi connectivity index (χ3v) is 4.80. The second-order valence-electron chi connectivity index (χ2n) is 5.39. The summed E-state index contributed by atoms with van der Waals surface area (Å²) in [5, 5.41) is 3.38. The number of hydrogen-bond acceptors (Lipinski definition) is 2. The van der Waals surface area contributed by atoms with Crippen molar-refractivity contribution in [2.24, 2.45) is 5.41 Å². The van der Waals surface area contributed by atoms with Crippen LogP contribution in [0.4, 0.5) is 0 Å². The molecule has 2 aliphatic rings. The zero-order valence-corrected chi connectivity index (χ0v) is 11.9. The van der Waals surface area contributed by atoms with Crippen LogP contribution in [0.5, 0.6) is 0 Å². The topological polar surface area (TPSA) is 32.3 Å². The molecule has 2 fully saturated rings. The van der Waals surface area contributed by atoms with Crippen LogP contribution in [-0.2, 0) is 0 Å². The molecule has 0 radical (unpaired) electrons. The normalized spacial score (nSPS) is 21.7. The van der Waals surface area contributed by atoms with Crippen LogP contribution in [0.3, 0.4) is 0 Å². The van der Waals surface area contributed by atoms with Crippen molar-refractivity contribution in [1.29, 1.82) is 0 Å². The maximum Gasteiger partial charge on any atom is 0.255 e. The molecular formula is C14H17BrN2O. The lowest BCUT2D eigenvalue weighted by molar-refractivity contribution is -0.0114.